The molecule has 0 radical (unpaired) electrons. The van der Waals surface area contributed by atoms with E-state index >= 15 is 0 Å². The number of hydrogen-bond donors (Lipinski definition) is 2. The maximum Gasteiger partial charge on any atom is 0.227 e. The quantitative estimate of drug-likeness (QED) is 0.363. The average Bonchev–Trinajstić information content (AvgIpc) is 3.42. The standard InChI is InChI=1S/C30H29ClN4O2/c1-18(35-17-26(33-34-35)28(36)19-11-13-20(31)14-12-19)16-32-29(37)30(2)15-25-21-7-3-5-9-23(21)27(30)24-10-6-4-8-22(24)25/h3-14,17-18,25,27-28,36H,15-16H2,1-2H3,(H,32,37). The molecular weight excluding hydrogens is 484 g/mol. The van der Waals surface area contributed by atoms with Gasteiger partial charge >= 0.3 is 0 Å². The second kappa shape index (κ2) is 9.12. The molecular formula is C30H29ClN4O2. The number of aliphatic hydroxyl groups is 1. The Morgan fingerprint density at radius 3 is 2.27 bits per heavy atom. The van der Waals surface area contributed by atoms with Crippen LogP contribution in [0, 0.1) is 5.41 Å². The first-order chi connectivity index (χ1) is 17.9. The highest BCUT2D eigenvalue weighted by atomic mass is 35.5. The fraction of sp³-hybridized carbons (Fsp3) is 0.300. The molecule has 7 rings (SSSR count). The summed E-state index contributed by atoms with van der Waals surface area (Å²) in [6.07, 6.45) is 1.61. The molecule has 3 unspecified atom stereocenters. The predicted octanol–water partition coefficient (Wildman–Crippen LogP) is 5.38. The van der Waals surface area contributed by atoms with Crippen LogP contribution >= 0.6 is 11.6 Å². The number of aliphatic hydroxyl groups excluding tert-OH is 1. The predicted molar refractivity (Wildman–Crippen MR) is 143 cm³/mol. The van der Waals surface area contributed by atoms with Crippen molar-refractivity contribution in [1.82, 2.24) is 20.3 Å². The molecule has 2 bridgehead atoms. The van der Waals surface area contributed by atoms with E-state index in [4.69, 9.17) is 11.6 Å². The molecule has 3 atom stereocenters. The smallest absolute Gasteiger partial charge is 0.227 e. The van der Waals surface area contributed by atoms with Gasteiger partial charge in [-0.05, 0) is 60.2 Å². The molecule has 7 heteroatoms. The van der Waals surface area contributed by atoms with Gasteiger partial charge in [0.25, 0.3) is 0 Å². The lowest BCUT2D eigenvalue weighted by atomic mass is 9.52. The summed E-state index contributed by atoms with van der Waals surface area (Å²) < 4.78 is 1.69. The van der Waals surface area contributed by atoms with Gasteiger partial charge in [-0.25, -0.2) is 4.68 Å². The molecule has 0 spiro atoms. The zero-order chi connectivity index (χ0) is 25.7. The van der Waals surface area contributed by atoms with Crippen molar-refractivity contribution in [2.24, 2.45) is 5.41 Å². The monoisotopic (exact) mass is 512 g/mol. The number of carbonyl (C=O) groups is 1. The van der Waals surface area contributed by atoms with E-state index < -0.39 is 11.5 Å². The summed E-state index contributed by atoms with van der Waals surface area (Å²) in [5, 5.41) is 22.9. The third kappa shape index (κ3) is 3.95. The van der Waals surface area contributed by atoms with Crippen molar-refractivity contribution in [3.05, 3.63) is 118 Å². The molecule has 0 fully saturated rings. The third-order valence-corrected chi connectivity index (χ3v) is 8.40. The number of halogens is 1. The highest BCUT2D eigenvalue weighted by Gasteiger charge is 2.53. The summed E-state index contributed by atoms with van der Waals surface area (Å²) in [6.45, 7) is 4.49. The molecule has 1 heterocycles. The van der Waals surface area contributed by atoms with Crippen LogP contribution in [0.2, 0.25) is 5.02 Å². The van der Waals surface area contributed by atoms with Crippen molar-refractivity contribution in [3.8, 4) is 0 Å². The SMILES string of the molecule is CC(CNC(=O)C1(C)CC2c3ccccc3C1c1ccccc12)n1cc(C(O)c2ccc(Cl)cc2)nn1. The van der Waals surface area contributed by atoms with E-state index in [1.54, 1.807) is 35.1 Å². The van der Waals surface area contributed by atoms with Crippen LogP contribution in [0.1, 0.15) is 77.8 Å². The summed E-state index contributed by atoms with van der Waals surface area (Å²) in [7, 11) is 0. The Bertz CT molecular complexity index is 1420. The number of amides is 1. The van der Waals surface area contributed by atoms with Crippen LogP contribution in [0.25, 0.3) is 0 Å². The van der Waals surface area contributed by atoms with Gasteiger partial charge in [0.05, 0.1) is 17.7 Å². The lowest BCUT2D eigenvalue weighted by molar-refractivity contribution is -0.132. The summed E-state index contributed by atoms with van der Waals surface area (Å²) in [6, 6.07) is 24.0. The van der Waals surface area contributed by atoms with Gasteiger partial charge in [0.2, 0.25) is 5.91 Å². The fourth-order valence-electron chi connectivity index (χ4n) is 6.17. The Kier molecular flexibility index (Phi) is 5.89. The first kappa shape index (κ1) is 23.9. The minimum atomic E-state index is -0.898. The van der Waals surface area contributed by atoms with Crippen LogP contribution < -0.4 is 5.32 Å². The molecule has 0 saturated heterocycles. The van der Waals surface area contributed by atoms with Gasteiger partial charge in [-0.2, -0.15) is 0 Å². The van der Waals surface area contributed by atoms with Gasteiger partial charge < -0.3 is 10.4 Å². The van der Waals surface area contributed by atoms with E-state index in [9.17, 15) is 9.90 Å². The molecule has 1 amide bonds. The van der Waals surface area contributed by atoms with Crippen LogP contribution in [-0.4, -0.2) is 32.6 Å². The van der Waals surface area contributed by atoms with Gasteiger partial charge in [-0.1, -0.05) is 77.5 Å². The molecule has 37 heavy (non-hydrogen) atoms. The molecule has 4 aromatic rings. The second-order valence-corrected chi connectivity index (χ2v) is 10.9. The Labute approximate surface area is 221 Å². The highest BCUT2D eigenvalue weighted by Crippen LogP contribution is 2.60. The van der Waals surface area contributed by atoms with Crippen LogP contribution in [-0.2, 0) is 4.79 Å². The van der Waals surface area contributed by atoms with Gasteiger partial charge in [-0.15, -0.1) is 5.10 Å². The minimum absolute atomic E-state index is 0.0210. The number of hydrogen-bond acceptors (Lipinski definition) is 4. The molecule has 2 N–H and O–H groups in total. The topological polar surface area (TPSA) is 80.0 Å². The van der Waals surface area contributed by atoms with Gasteiger partial charge in [0.15, 0.2) is 0 Å². The van der Waals surface area contributed by atoms with E-state index in [2.05, 4.69) is 71.1 Å². The number of rotatable bonds is 6. The van der Waals surface area contributed by atoms with E-state index in [1.165, 1.54) is 22.3 Å². The summed E-state index contributed by atoms with van der Waals surface area (Å²) in [5.74, 6) is 0.297. The first-order valence-corrected chi connectivity index (χ1v) is 13.1. The number of carbonyl (C=O) groups excluding carboxylic acids is 1. The number of aromatic nitrogens is 3. The Hall–Kier alpha value is -3.48. The average molecular weight is 513 g/mol. The number of fused-ring (bicyclic) bond motifs is 1. The minimum Gasteiger partial charge on any atom is -0.382 e. The van der Waals surface area contributed by atoms with Gasteiger partial charge in [0.1, 0.15) is 11.8 Å². The largest absolute Gasteiger partial charge is 0.382 e. The van der Waals surface area contributed by atoms with Crippen LogP contribution in [0.5, 0.6) is 0 Å². The number of nitrogens with one attached hydrogen (secondary N) is 1. The second-order valence-electron chi connectivity index (χ2n) is 10.5. The van der Waals surface area contributed by atoms with E-state index in [0.717, 1.165) is 6.42 Å². The Balaban J connectivity index is 1.19. The molecule has 0 saturated carbocycles. The normalized spacial score (nSPS) is 23.1. The molecule has 0 aliphatic heterocycles. The Morgan fingerprint density at radius 2 is 1.65 bits per heavy atom. The molecule has 3 aromatic carbocycles. The van der Waals surface area contributed by atoms with E-state index in [-0.39, 0.29) is 23.8 Å². The summed E-state index contributed by atoms with van der Waals surface area (Å²) in [4.78, 5) is 13.8. The Morgan fingerprint density at radius 1 is 1.05 bits per heavy atom. The van der Waals surface area contributed by atoms with Crippen molar-refractivity contribution in [3.63, 3.8) is 0 Å². The van der Waals surface area contributed by atoms with Gasteiger partial charge in [0, 0.05) is 23.4 Å². The van der Waals surface area contributed by atoms with Crippen molar-refractivity contribution in [2.75, 3.05) is 6.54 Å². The van der Waals surface area contributed by atoms with Crippen molar-refractivity contribution >= 4 is 17.5 Å². The van der Waals surface area contributed by atoms with Crippen molar-refractivity contribution in [2.45, 2.75) is 44.2 Å². The first-order valence-electron chi connectivity index (χ1n) is 12.7. The molecule has 1 aromatic heterocycles. The van der Waals surface area contributed by atoms with Crippen molar-refractivity contribution < 1.29 is 9.90 Å². The lowest BCUT2D eigenvalue weighted by Crippen LogP contribution is -2.50. The summed E-state index contributed by atoms with van der Waals surface area (Å²) >= 11 is 5.96. The fourth-order valence-corrected chi connectivity index (χ4v) is 6.30. The number of benzene rings is 3. The van der Waals surface area contributed by atoms with Crippen LogP contribution in [0.3, 0.4) is 0 Å². The van der Waals surface area contributed by atoms with E-state index in [1.807, 2.05) is 6.92 Å². The zero-order valence-corrected chi connectivity index (χ0v) is 21.6. The molecule has 6 nitrogen and oxygen atoms in total. The van der Waals surface area contributed by atoms with Gasteiger partial charge in [-0.3, -0.25) is 4.79 Å². The summed E-state index contributed by atoms with van der Waals surface area (Å²) in [5.41, 5.74) is 5.81. The zero-order valence-electron chi connectivity index (χ0n) is 20.8. The molecule has 3 aliphatic carbocycles. The van der Waals surface area contributed by atoms with E-state index in [0.29, 0.717) is 22.8 Å². The molecule has 188 valence electrons. The third-order valence-electron chi connectivity index (χ3n) is 8.15. The van der Waals surface area contributed by atoms with Crippen LogP contribution in [0.15, 0.2) is 79.0 Å². The number of nitrogens with zero attached hydrogens (tertiary/aromatic N) is 3. The molecule has 3 aliphatic rings. The van der Waals surface area contributed by atoms with Crippen LogP contribution in [0.4, 0.5) is 0 Å². The van der Waals surface area contributed by atoms with Crippen molar-refractivity contribution in [1.29, 1.82) is 0 Å². The maximum absolute atomic E-state index is 13.8. The lowest BCUT2D eigenvalue weighted by Gasteiger charge is -2.50. The highest BCUT2D eigenvalue weighted by molar-refractivity contribution is 6.30. The maximum atomic E-state index is 13.8.